The van der Waals surface area contributed by atoms with Gasteiger partial charge in [-0.2, -0.15) is 9.67 Å². The summed E-state index contributed by atoms with van der Waals surface area (Å²) in [6.45, 7) is 10.5. The number of aryl methyl sites for hydroxylation is 1. The number of hydrogen-bond donors (Lipinski definition) is 3. The highest BCUT2D eigenvalue weighted by Crippen LogP contribution is 2.38. The predicted molar refractivity (Wildman–Crippen MR) is 121 cm³/mol. The van der Waals surface area contributed by atoms with E-state index < -0.39 is 5.82 Å². The number of likely N-dealkylation sites (tertiary alicyclic amines) is 1. The van der Waals surface area contributed by atoms with E-state index >= 15 is 0 Å². The summed E-state index contributed by atoms with van der Waals surface area (Å²) in [7, 11) is 2.13. The second-order valence-electron chi connectivity index (χ2n) is 9.65. The maximum atomic E-state index is 14.6. The number of nitrogens with zero attached hydrogens (tertiary/aromatic N) is 8. The molecule has 3 N–H and O–H groups in total. The maximum Gasteiger partial charge on any atom is 0.237 e. The van der Waals surface area contributed by atoms with E-state index in [0.29, 0.717) is 17.2 Å². The average Bonchev–Trinajstić information content (AvgIpc) is 3.15. The van der Waals surface area contributed by atoms with Crippen LogP contribution in [0.5, 0.6) is 5.88 Å². The van der Waals surface area contributed by atoms with Crippen LogP contribution in [-0.2, 0) is 0 Å². The Labute approximate surface area is 191 Å². The molecule has 1 aliphatic rings. The first kappa shape index (κ1) is 22.8. The largest absolute Gasteiger partial charge is 0.492 e. The molecule has 0 amide bonds. The van der Waals surface area contributed by atoms with Gasteiger partial charge in [-0.1, -0.05) is 0 Å². The van der Waals surface area contributed by atoms with Gasteiger partial charge in [0.15, 0.2) is 17.5 Å². The number of tetrazole rings is 1. The molecule has 0 aliphatic carbocycles. The molecule has 176 valence electrons. The first-order valence-corrected chi connectivity index (χ1v) is 10.7. The smallest absolute Gasteiger partial charge is 0.237 e. The van der Waals surface area contributed by atoms with Gasteiger partial charge in [-0.3, -0.25) is 4.90 Å². The minimum Gasteiger partial charge on any atom is -0.492 e. The van der Waals surface area contributed by atoms with Crippen LogP contribution in [-0.4, -0.2) is 69.3 Å². The summed E-state index contributed by atoms with van der Waals surface area (Å²) < 4.78 is 15.9. The van der Waals surface area contributed by atoms with Crippen LogP contribution in [0, 0.1) is 12.7 Å². The van der Waals surface area contributed by atoms with Crippen LogP contribution in [0.15, 0.2) is 18.5 Å². The molecule has 0 bridgehead atoms. The van der Waals surface area contributed by atoms with Crippen LogP contribution in [0.4, 0.5) is 21.8 Å². The number of rotatable bonds is 5. The number of pyridine rings is 1. The molecule has 0 radical (unpaired) electrons. The van der Waals surface area contributed by atoms with Crippen LogP contribution in [0.25, 0.3) is 5.69 Å². The van der Waals surface area contributed by atoms with Crippen LogP contribution in [0.3, 0.4) is 0 Å². The predicted octanol–water partition coefficient (Wildman–Crippen LogP) is 2.81. The highest BCUT2D eigenvalue weighted by atomic mass is 19.1. The molecule has 0 saturated carbocycles. The van der Waals surface area contributed by atoms with Gasteiger partial charge in [0.05, 0.1) is 18.1 Å². The fraction of sp³-hybridized carbons (Fsp3) is 0.524. The third-order valence-corrected chi connectivity index (χ3v) is 6.35. The lowest BCUT2D eigenvalue weighted by atomic mass is 9.77. The molecule has 0 unspecified atom stereocenters. The quantitative estimate of drug-likeness (QED) is 0.527. The van der Waals surface area contributed by atoms with Crippen LogP contribution in [0.1, 0.15) is 46.4 Å². The summed E-state index contributed by atoms with van der Waals surface area (Å²) in [4.78, 5) is 14.7. The number of nitrogens with one attached hydrogen (secondary N) is 2. The van der Waals surface area contributed by atoms with E-state index in [1.807, 2.05) is 0 Å². The van der Waals surface area contributed by atoms with Crippen molar-refractivity contribution in [2.24, 2.45) is 0 Å². The zero-order valence-corrected chi connectivity index (χ0v) is 19.6. The Morgan fingerprint density at radius 3 is 2.45 bits per heavy atom. The molecule has 12 heteroatoms. The summed E-state index contributed by atoms with van der Waals surface area (Å²) in [5.74, 6) is 0.0571. The Hall–Kier alpha value is -3.41. The molecule has 11 nitrogen and oxygen atoms in total. The average molecular weight is 457 g/mol. The van der Waals surface area contributed by atoms with Crippen molar-refractivity contribution in [1.82, 2.24) is 40.1 Å². The SMILES string of the molecule is Cc1nnnn1-c1cc(Nc2ncc(F)c(NC3CC(C)(C)N(C)C(C)(C)C3)n2)cnc1O. The maximum absolute atomic E-state index is 14.6. The fourth-order valence-corrected chi connectivity index (χ4v) is 4.45. The summed E-state index contributed by atoms with van der Waals surface area (Å²) in [5.41, 5.74) is 0.675. The lowest BCUT2D eigenvalue weighted by Crippen LogP contribution is -2.61. The molecule has 1 saturated heterocycles. The second kappa shape index (κ2) is 8.18. The summed E-state index contributed by atoms with van der Waals surface area (Å²) in [5, 5.41) is 27.6. The topological polar surface area (TPSA) is 130 Å². The van der Waals surface area contributed by atoms with Gasteiger partial charge < -0.3 is 15.7 Å². The van der Waals surface area contributed by atoms with Gasteiger partial charge in [-0.25, -0.2) is 14.4 Å². The molecule has 0 aromatic carbocycles. The molecule has 1 aliphatic heterocycles. The molecule has 4 heterocycles. The highest BCUT2D eigenvalue weighted by Gasteiger charge is 2.43. The molecule has 4 rings (SSSR count). The normalized spacial score (nSPS) is 18.3. The van der Waals surface area contributed by atoms with Gasteiger partial charge in [0, 0.05) is 17.1 Å². The first-order valence-electron chi connectivity index (χ1n) is 10.7. The van der Waals surface area contributed by atoms with E-state index in [1.54, 1.807) is 13.0 Å². The van der Waals surface area contributed by atoms with Crippen molar-refractivity contribution in [2.75, 3.05) is 17.7 Å². The molecule has 33 heavy (non-hydrogen) atoms. The van der Waals surface area contributed by atoms with E-state index in [9.17, 15) is 9.50 Å². The van der Waals surface area contributed by atoms with Crippen LogP contribution >= 0.6 is 0 Å². The molecule has 0 atom stereocenters. The number of aromatic nitrogens is 7. The third-order valence-electron chi connectivity index (χ3n) is 6.35. The van der Waals surface area contributed by atoms with Gasteiger partial charge in [0.1, 0.15) is 5.69 Å². The number of halogens is 1. The highest BCUT2D eigenvalue weighted by molar-refractivity contribution is 5.59. The lowest BCUT2D eigenvalue weighted by Gasteiger charge is -2.53. The van der Waals surface area contributed by atoms with Crippen molar-refractivity contribution in [3.8, 4) is 11.6 Å². The second-order valence-corrected chi connectivity index (χ2v) is 9.65. The van der Waals surface area contributed by atoms with E-state index in [0.717, 1.165) is 19.0 Å². The van der Waals surface area contributed by atoms with Crippen molar-refractivity contribution in [3.05, 3.63) is 30.1 Å². The fourth-order valence-electron chi connectivity index (χ4n) is 4.45. The van der Waals surface area contributed by atoms with E-state index in [2.05, 4.69) is 80.8 Å². The number of anilines is 3. The molecule has 3 aromatic heterocycles. The Kier molecular flexibility index (Phi) is 5.64. The lowest BCUT2D eigenvalue weighted by molar-refractivity contribution is -0.00778. The van der Waals surface area contributed by atoms with Gasteiger partial charge in [0.2, 0.25) is 11.8 Å². The summed E-state index contributed by atoms with van der Waals surface area (Å²) >= 11 is 0. The summed E-state index contributed by atoms with van der Waals surface area (Å²) in [6.07, 6.45) is 4.23. The van der Waals surface area contributed by atoms with Crippen LogP contribution in [0.2, 0.25) is 0 Å². The van der Waals surface area contributed by atoms with Crippen molar-refractivity contribution >= 4 is 17.5 Å². The molecular weight excluding hydrogens is 427 g/mol. The zero-order chi connectivity index (χ0) is 24.0. The van der Waals surface area contributed by atoms with Crippen molar-refractivity contribution in [2.45, 2.75) is 64.6 Å². The minimum absolute atomic E-state index is 0.0491. The number of aromatic hydroxyl groups is 1. The van der Waals surface area contributed by atoms with Gasteiger partial charge >= 0.3 is 0 Å². The molecule has 0 spiro atoms. The van der Waals surface area contributed by atoms with Crippen molar-refractivity contribution in [3.63, 3.8) is 0 Å². The zero-order valence-electron chi connectivity index (χ0n) is 19.6. The van der Waals surface area contributed by atoms with Gasteiger partial charge in [0.25, 0.3) is 0 Å². The number of hydrogen-bond acceptors (Lipinski definition) is 10. The third kappa shape index (κ3) is 4.56. The monoisotopic (exact) mass is 456 g/mol. The van der Waals surface area contributed by atoms with E-state index in [1.165, 1.54) is 10.9 Å². The van der Waals surface area contributed by atoms with Gasteiger partial charge in [-0.15, -0.1) is 5.10 Å². The standard InChI is InChI=1S/C21H29FN10O/c1-12-28-29-30-32(12)16-7-13(10-23-18(16)33)26-19-24-11-15(22)17(27-19)25-14-8-20(2,3)31(6)21(4,5)9-14/h7,10-11,14H,8-9H2,1-6H3,(H,23,33)(H2,24,25,26,27). The Morgan fingerprint density at radius 2 is 1.82 bits per heavy atom. The Bertz CT molecular complexity index is 1140. The van der Waals surface area contributed by atoms with Crippen molar-refractivity contribution < 1.29 is 9.50 Å². The Morgan fingerprint density at radius 1 is 1.12 bits per heavy atom. The van der Waals surface area contributed by atoms with E-state index in [4.69, 9.17) is 0 Å². The molecule has 1 fully saturated rings. The van der Waals surface area contributed by atoms with Gasteiger partial charge in [-0.05, 0) is 71.0 Å². The number of piperidine rings is 1. The van der Waals surface area contributed by atoms with E-state index in [-0.39, 0.29) is 34.8 Å². The Balaban J connectivity index is 1.56. The molecular formula is C21H29FN10O. The molecule has 3 aromatic rings. The first-order chi connectivity index (χ1) is 15.5. The van der Waals surface area contributed by atoms with Crippen molar-refractivity contribution in [1.29, 1.82) is 0 Å². The van der Waals surface area contributed by atoms with Crippen LogP contribution < -0.4 is 10.6 Å². The summed E-state index contributed by atoms with van der Waals surface area (Å²) in [6, 6.07) is 1.65. The minimum atomic E-state index is -0.524.